The van der Waals surface area contributed by atoms with Crippen molar-refractivity contribution in [2.45, 2.75) is 18.8 Å². The Labute approximate surface area is 92.5 Å². The van der Waals surface area contributed by atoms with E-state index < -0.39 is 0 Å². The number of nitrogens with one attached hydrogen (secondary N) is 1. The zero-order chi connectivity index (χ0) is 9.97. The minimum atomic E-state index is 0.322. The predicted molar refractivity (Wildman–Crippen MR) is 60.7 cm³/mol. The van der Waals surface area contributed by atoms with Crippen LogP contribution in [0.3, 0.4) is 0 Å². The summed E-state index contributed by atoms with van der Waals surface area (Å²) in [6, 6.07) is 5.82. The third-order valence-corrected chi connectivity index (χ3v) is 3.42. The first-order chi connectivity index (χ1) is 6.77. The smallest absolute Gasteiger partial charge is 0.129 e. The van der Waals surface area contributed by atoms with E-state index in [4.69, 9.17) is 0 Å². The molecule has 0 aliphatic carbocycles. The number of halogens is 1. The third kappa shape index (κ3) is 2.10. The molecule has 2 N–H and O–H groups in total. The van der Waals surface area contributed by atoms with Crippen molar-refractivity contribution in [1.29, 1.82) is 0 Å². The van der Waals surface area contributed by atoms with Gasteiger partial charge in [-0.2, -0.15) is 0 Å². The van der Waals surface area contributed by atoms with Crippen LogP contribution >= 0.6 is 15.9 Å². The van der Waals surface area contributed by atoms with Gasteiger partial charge >= 0.3 is 0 Å². The van der Waals surface area contributed by atoms with Crippen LogP contribution in [0, 0.1) is 0 Å². The van der Waals surface area contributed by atoms with Crippen LogP contribution in [0.15, 0.2) is 22.7 Å². The Morgan fingerprint density at radius 3 is 2.64 bits per heavy atom. The van der Waals surface area contributed by atoms with Gasteiger partial charge in [-0.1, -0.05) is 6.07 Å². The highest BCUT2D eigenvalue weighted by Crippen LogP contribution is 2.31. The normalized spacial score (nSPS) is 18.4. The predicted octanol–water partition coefficient (Wildman–Crippen LogP) is 2.62. The van der Waals surface area contributed by atoms with E-state index in [2.05, 4.69) is 21.2 Å². The molecule has 1 aromatic rings. The summed E-state index contributed by atoms with van der Waals surface area (Å²) in [5, 5.41) is 12.7. The number of benzene rings is 1. The zero-order valence-corrected chi connectivity index (χ0v) is 9.55. The summed E-state index contributed by atoms with van der Waals surface area (Å²) >= 11 is 3.35. The second kappa shape index (κ2) is 4.32. The Kier molecular flexibility index (Phi) is 3.08. The van der Waals surface area contributed by atoms with Gasteiger partial charge in [0.05, 0.1) is 4.47 Å². The summed E-state index contributed by atoms with van der Waals surface area (Å²) in [4.78, 5) is 0. The minimum absolute atomic E-state index is 0.322. The standard InChI is InChI=1S/C11H14BrNO/c12-10-7-9(1-2-11(10)14)8-3-5-13-6-4-8/h1-2,7-8,13-14H,3-6H2. The van der Waals surface area contributed by atoms with E-state index in [-0.39, 0.29) is 0 Å². The van der Waals surface area contributed by atoms with E-state index in [9.17, 15) is 5.11 Å². The molecule has 0 saturated carbocycles. The molecule has 0 amide bonds. The first kappa shape index (κ1) is 9.99. The molecular formula is C11H14BrNO. The number of hydrogen-bond donors (Lipinski definition) is 2. The Bertz CT molecular complexity index is 321. The second-order valence-corrected chi connectivity index (χ2v) is 4.59. The van der Waals surface area contributed by atoms with E-state index >= 15 is 0 Å². The third-order valence-electron chi connectivity index (χ3n) is 2.78. The maximum absolute atomic E-state index is 9.38. The number of rotatable bonds is 1. The number of phenolic OH excluding ortho intramolecular Hbond substituents is 1. The van der Waals surface area contributed by atoms with E-state index in [1.54, 1.807) is 6.07 Å². The molecule has 2 rings (SSSR count). The van der Waals surface area contributed by atoms with Crippen molar-refractivity contribution in [3.63, 3.8) is 0 Å². The Hall–Kier alpha value is -0.540. The first-order valence-electron chi connectivity index (χ1n) is 4.96. The van der Waals surface area contributed by atoms with E-state index in [0.29, 0.717) is 11.7 Å². The number of aromatic hydroxyl groups is 1. The molecule has 0 unspecified atom stereocenters. The lowest BCUT2D eigenvalue weighted by Gasteiger charge is -2.23. The van der Waals surface area contributed by atoms with Gasteiger partial charge in [-0.05, 0) is 65.5 Å². The molecule has 1 heterocycles. The monoisotopic (exact) mass is 255 g/mol. The van der Waals surface area contributed by atoms with E-state index in [1.165, 1.54) is 18.4 Å². The summed E-state index contributed by atoms with van der Waals surface area (Å²) in [5.74, 6) is 0.968. The van der Waals surface area contributed by atoms with Crippen LogP contribution in [0.25, 0.3) is 0 Å². The van der Waals surface area contributed by atoms with Crippen LogP contribution in [-0.2, 0) is 0 Å². The molecule has 1 saturated heterocycles. The van der Waals surface area contributed by atoms with Crippen LogP contribution in [0.5, 0.6) is 5.75 Å². The Morgan fingerprint density at radius 1 is 1.29 bits per heavy atom. The minimum Gasteiger partial charge on any atom is -0.507 e. The fourth-order valence-corrected chi connectivity index (χ4v) is 2.33. The van der Waals surface area contributed by atoms with Crippen molar-refractivity contribution < 1.29 is 5.11 Å². The van der Waals surface area contributed by atoms with Gasteiger partial charge in [-0.3, -0.25) is 0 Å². The zero-order valence-electron chi connectivity index (χ0n) is 7.96. The van der Waals surface area contributed by atoms with Gasteiger partial charge < -0.3 is 10.4 Å². The van der Waals surface area contributed by atoms with Crippen LogP contribution < -0.4 is 5.32 Å². The van der Waals surface area contributed by atoms with Crippen molar-refractivity contribution >= 4 is 15.9 Å². The molecule has 1 fully saturated rings. The number of phenols is 1. The van der Waals surface area contributed by atoms with Crippen LogP contribution in [0.2, 0.25) is 0 Å². The largest absolute Gasteiger partial charge is 0.507 e. The topological polar surface area (TPSA) is 32.3 Å². The molecule has 76 valence electrons. The van der Waals surface area contributed by atoms with Crippen molar-refractivity contribution in [2.75, 3.05) is 13.1 Å². The summed E-state index contributed by atoms with van der Waals surface area (Å²) < 4.78 is 0.800. The van der Waals surface area contributed by atoms with Crippen LogP contribution in [0.4, 0.5) is 0 Å². The Morgan fingerprint density at radius 2 is 2.00 bits per heavy atom. The second-order valence-electron chi connectivity index (χ2n) is 3.74. The van der Waals surface area contributed by atoms with Gasteiger partial charge in [0.1, 0.15) is 5.75 Å². The molecule has 0 atom stereocenters. The molecule has 3 heteroatoms. The molecule has 0 bridgehead atoms. The highest BCUT2D eigenvalue weighted by Gasteiger charge is 2.15. The average molecular weight is 256 g/mol. The molecular weight excluding hydrogens is 242 g/mol. The van der Waals surface area contributed by atoms with Crippen LogP contribution in [0.1, 0.15) is 24.3 Å². The fourth-order valence-electron chi connectivity index (χ4n) is 1.93. The maximum Gasteiger partial charge on any atom is 0.129 e. The van der Waals surface area contributed by atoms with Crippen molar-refractivity contribution in [1.82, 2.24) is 5.32 Å². The van der Waals surface area contributed by atoms with E-state index in [0.717, 1.165) is 17.6 Å². The fraction of sp³-hybridized carbons (Fsp3) is 0.455. The molecule has 0 radical (unpaired) electrons. The molecule has 14 heavy (non-hydrogen) atoms. The Balaban J connectivity index is 2.18. The summed E-state index contributed by atoms with van der Waals surface area (Å²) in [7, 11) is 0. The van der Waals surface area contributed by atoms with Gasteiger partial charge in [0, 0.05) is 0 Å². The molecule has 1 aliphatic rings. The lowest BCUT2D eigenvalue weighted by Crippen LogP contribution is -2.26. The van der Waals surface area contributed by atoms with Crippen LogP contribution in [-0.4, -0.2) is 18.2 Å². The van der Waals surface area contributed by atoms with Crippen molar-refractivity contribution in [3.05, 3.63) is 28.2 Å². The first-order valence-corrected chi connectivity index (χ1v) is 5.76. The van der Waals surface area contributed by atoms with Gasteiger partial charge in [0.25, 0.3) is 0 Å². The highest BCUT2D eigenvalue weighted by atomic mass is 79.9. The van der Waals surface area contributed by atoms with E-state index in [1.807, 2.05) is 12.1 Å². The maximum atomic E-state index is 9.38. The summed E-state index contributed by atoms with van der Waals surface area (Å²) in [5.41, 5.74) is 1.33. The number of hydrogen-bond acceptors (Lipinski definition) is 2. The highest BCUT2D eigenvalue weighted by molar-refractivity contribution is 9.10. The molecule has 1 aliphatic heterocycles. The molecule has 1 aromatic carbocycles. The lowest BCUT2D eigenvalue weighted by atomic mass is 9.90. The molecule has 2 nitrogen and oxygen atoms in total. The lowest BCUT2D eigenvalue weighted by molar-refractivity contribution is 0.455. The summed E-state index contributed by atoms with van der Waals surface area (Å²) in [6.45, 7) is 2.20. The van der Waals surface area contributed by atoms with Gasteiger partial charge in [-0.25, -0.2) is 0 Å². The molecule has 0 spiro atoms. The van der Waals surface area contributed by atoms with Gasteiger partial charge in [0.15, 0.2) is 0 Å². The van der Waals surface area contributed by atoms with Gasteiger partial charge in [0.2, 0.25) is 0 Å². The van der Waals surface area contributed by atoms with Gasteiger partial charge in [-0.15, -0.1) is 0 Å². The summed E-state index contributed by atoms with van der Waals surface area (Å²) in [6.07, 6.45) is 2.38. The molecule has 0 aromatic heterocycles. The quantitative estimate of drug-likeness (QED) is 0.809. The van der Waals surface area contributed by atoms with Crippen molar-refractivity contribution in [2.24, 2.45) is 0 Å². The number of piperidine rings is 1. The SMILES string of the molecule is Oc1ccc(C2CCNCC2)cc1Br. The van der Waals surface area contributed by atoms with Crippen molar-refractivity contribution in [3.8, 4) is 5.75 Å². The average Bonchev–Trinajstić information content (AvgIpc) is 2.23.